The Morgan fingerprint density at radius 1 is 0.759 bits per heavy atom. The van der Waals surface area contributed by atoms with Crippen LogP contribution in [0.25, 0.3) is 0 Å². The second-order valence-electron chi connectivity index (χ2n) is 8.18. The standard InChI is InChI=1S/2C10H20O2S.2CH3.Sn/c2*1-3-5-6-9(4-2)7-12-10(11)8-13;;;/h2*9,13H,3-8H2,1-2H3;2*1H3;/q;;;;+2/p-2/t2*9-;;;/m11.../s1. The van der Waals surface area contributed by atoms with E-state index in [1.807, 2.05) is 0 Å². The monoisotopic (exact) mass is 556 g/mol. The van der Waals surface area contributed by atoms with Crippen molar-refractivity contribution in [2.45, 2.75) is 88.9 Å². The fourth-order valence-electron chi connectivity index (χ4n) is 2.81. The molecule has 0 aromatic rings. The third kappa shape index (κ3) is 16.8. The van der Waals surface area contributed by atoms with Crippen LogP contribution in [-0.4, -0.2) is 52.3 Å². The van der Waals surface area contributed by atoms with Crippen LogP contribution >= 0.6 is 17.9 Å². The molecule has 0 aliphatic rings. The molecular formula is C22H44O4S2Sn. The molecule has 0 saturated carbocycles. The number of rotatable bonds is 18. The van der Waals surface area contributed by atoms with Crippen molar-refractivity contribution in [3.63, 3.8) is 0 Å². The molecule has 0 aromatic heterocycles. The molecule has 0 radical (unpaired) electrons. The third-order valence-electron chi connectivity index (χ3n) is 5.12. The molecule has 0 bridgehead atoms. The number of esters is 2. The predicted molar refractivity (Wildman–Crippen MR) is 131 cm³/mol. The van der Waals surface area contributed by atoms with Gasteiger partial charge in [-0.25, -0.2) is 0 Å². The van der Waals surface area contributed by atoms with Gasteiger partial charge in [0.1, 0.15) is 0 Å². The zero-order chi connectivity index (χ0) is 22.1. The molecule has 0 N–H and O–H groups in total. The summed E-state index contributed by atoms with van der Waals surface area (Å²) in [5.74, 6) is 1.55. The molecule has 172 valence electrons. The number of hydrogen-bond donors (Lipinski definition) is 0. The number of hydrogen-bond acceptors (Lipinski definition) is 6. The molecule has 4 nitrogen and oxygen atoms in total. The van der Waals surface area contributed by atoms with Gasteiger partial charge in [-0.05, 0) is 0 Å². The summed E-state index contributed by atoms with van der Waals surface area (Å²) >= 11 is -2.55. The number of unbranched alkanes of at least 4 members (excludes halogenated alkanes) is 2. The predicted octanol–water partition coefficient (Wildman–Crippen LogP) is 6.67. The topological polar surface area (TPSA) is 52.6 Å². The SMILES string of the molecule is CCCC[C@@H](CC)COC(=O)C[S][Sn]([CH3])([CH3])[S]CC(=O)OC[C@H](CC)CCCC. The zero-order valence-corrected chi connectivity index (χ0v) is 24.1. The van der Waals surface area contributed by atoms with Crippen molar-refractivity contribution in [2.75, 3.05) is 24.7 Å². The van der Waals surface area contributed by atoms with Gasteiger partial charge < -0.3 is 0 Å². The van der Waals surface area contributed by atoms with Crippen LogP contribution in [0.3, 0.4) is 0 Å². The van der Waals surface area contributed by atoms with Crippen molar-refractivity contribution in [3.8, 4) is 0 Å². The Hall–Kier alpha value is 0.439. The van der Waals surface area contributed by atoms with Crippen molar-refractivity contribution in [2.24, 2.45) is 11.8 Å². The summed E-state index contributed by atoms with van der Waals surface area (Å²) in [5, 5.41) is 0. The van der Waals surface area contributed by atoms with E-state index in [-0.39, 0.29) is 11.9 Å². The first-order valence-electron chi connectivity index (χ1n) is 11.4. The summed E-state index contributed by atoms with van der Waals surface area (Å²) in [5.41, 5.74) is 0. The molecule has 0 saturated heterocycles. The van der Waals surface area contributed by atoms with Crippen LogP contribution < -0.4 is 0 Å². The van der Waals surface area contributed by atoms with E-state index in [0.717, 1.165) is 25.7 Å². The van der Waals surface area contributed by atoms with Crippen LogP contribution in [0.2, 0.25) is 9.88 Å². The van der Waals surface area contributed by atoms with Crippen LogP contribution in [0.5, 0.6) is 0 Å². The van der Waals surface area contributed by atoms with Gasteiger partial charge in [0.25, 0.3) is 0 Å². The fraction of sp³-hybridized carbons (Fsp3) is 0.909. The first kappa shape index (κ1) is 29.4. The number of carbonyl (C=O) groups is 2. The third-order valence-corrected chi connectivity index (χ3v) is 26.4. The normalized spacial score (nSPS) is 13.7. The summed E-state index contributed by atoms with van der Waals surface area (Å²) in [7, 11) is 3.47. The van der Waals surface area contributed by atoms with Crippen LogP contribution in [0.4, 0.5) is 0 Å². The average molecular weight is 555 g/mol. The van der Waals surface area contributed by atoms with Gasteiger partial charge in [-0.2, -0.15) is 0 Å². The zero-order valence-electron chi connectivity index (χ0n) is 19.6. The van der Waals surface area contributed by atoms with Crippen molar-refractivity contribution < 1.29 is 19.1 Å². The van der Waals surface area contributed by atoms with Crippen molar-refractivity contribution >= 4 is 45.4 Å². The van der Waals surface area contributed by atoms with Gasteiger partial charge >= 0.3 is 190 Å². The van der Waals surface area contributed by atoms with Crippen molar-refractivity contribution in [1.82, 2.24) is 0 Å². The van der Waals surface area contributed by atoms with E-state index in [9.17, 15) is 9.59 Å². The van der Waals surface area contributed by atoms with E-state index < -0.39 is 15.6 Å². The molecule has 0 unspecified atom stereocenters. The maximum absolute atomic E-state index is 12.1. The Kier molecular flexibility index (Phi) is 18.3. The molecule has 2 atom stereocenters. The Bertz CT molecular complexity index is 409. The Labute approximate surface area is 189 Å². The second-order valence-corrected chi connectivity index (χ2v) is 37.7. The van der Waals surface area contributed by atoms with E-state index in [2.05, 4.69) is 37.6 Å². The van der Waals surface area contributed by atoms with Crippen LogP contribution in [0.1, 0.15) is 79.1 Å². The van der Waals surface area contributed by atoms with Crippen LogP contribution in [-0.2, 0) is 19.1 Å². The molecule has 0 spiro atoms. The molecule has 29 heavy (non-hydrogen) atoms. The van der Waals surface area contributed by atoms with E-state index in [4.69, 9.17) is 9.47 Å². The summed E-state index contributed by atoms with van der Waals surface area (Å²) in [6.07, 6.45) is 9.12. The first-order valence-corrected chi connectivity index (χ1v) is 26.0. The molecule has 0 fully saturated rings. The van der Waals surface area contributed by atoms with Gasteiger partial charge in [0.05, 0.1) is 0 Å². The Morgan fingerprint density at radius 2 is 1.14 bits per heavy atom. The average Bonchev–Trinajstić information content (AvgIpc) is 2.71. The second kappa shape index (κ2) is 18.1. The molecule has 0 heterocycles. The summed E-state index contributed by atoms with van der Waals surface area (Å²) in [4.78, 5) is 28.7. The summed E-state index contributed by atoms with van der Waals surface area (Å²) < 4.78 is 11.0. The van der Waals surface area contributed by atoms with Crippen LogP contribution in [0.15, 0.2) is 0 Å². The minimum atomic E-state index is -2.55. The molecular weight excluding hydrogens is 511 g/mol. The fourth-order valence-corrected chi connectivity index (χ4v) is 16.7. The summed E-state index contributed by atoms with van der Waals surface area (Å²) in [6, 6.07) is 0. The Morgan fingerprint density at radius 3 is 1.45 bits per heavy atom. The van der Waals surface area contributed by atoms with Gasteiger partial charge in [0, 0.05) is 0 Å². The van der Waals surface area contributed by atoms with E-state index in [0.29, 0.717) is 36.6 Å². The molecule has 0 amide bonds. The van der Waals surface area contributed by atoms with Gasteiger partial charge in [0.2, 0.25) is 0 Å². The van der Waals surface area contributed by atoms with Gasteiger partial charge in [-0.1, -0.05) is 0 Å². The van der Waals surface area contributed by atoms with Gasteiger partial charge in [0.15, 0.2) is 0 Å². The van der Waals surface area contributed by atoms with Crippen molar-refractivity contribution in [3.05, 3.63) is 0 Å². The van der Waals surface area contributed by atoms with Gasteiger partial charge in [-0.3, -0.25) is 0 Å². The van der Waals surface area contributed by atoms with Crippen molar-refractivity contribution in [1.29, 1.82) is 0 Å². The molecule has 7 heteroatoms. The first-order chi connectivity index (χ1) is 13.8. The molecule has 0 aromatic carbocycles. The van der Waals surface area contributed by atoms with Crippen LogP contribution in [0, 0.1) is 11.8 Å². The number of ether oxygens (including phenoxy) is 2. The van der Waals surface area contributed by atoms with E-state index in [1.54, 1.807) is 17.9 Å². The minimum absolute atomic E-state index is 0.111. The van der Waals surface area contributed by atoms with Gasteiger partial charge in [-0.15, -0.1) is 0 Å². The molecule has 0 aliphatic heterocycles. The number of carbonyl (C=O) groups excluding carboxylic acids is 2. The molecule has 0 aliphatic carbocycles. The van der Waals surface area contributed by atoms with E-state index in [1.165, 1.54) is 25.7 Å². The van der Waals surface area contributed by atoms with E-state index >= 15 is 0 Å². The Balaban J connectivity index is 4.09. The molecule has 0 rings (SSSR count). The maximum atomic E-state index is 12.1. The quantitative estimate of drug-likeness (QED) is 0.139. The summed E-state index contributed by atoms with van der Waals surface area (Å²) in [6.45, 7) is 9.78.